The molecule has 1 aliphatic rings. The zero-order valence-electron chi connectivity index (χ0n) is 11.5. The average Bonchev–Trinajstić information content (AvgIpc) is 2.41. The lowest BCUT2D eigenvalue weighted by molar-refractivity contribution is 0.112. The minimum absolute atomic E-state index is 0.187. The number of aliphatic hydroxyl groups is 1. The molecule has 1 aromatic carbocycles. The van der Waals surface area contributed by atoms with Gasteiger partial charge in [0.05, 0.1) is 0 Å². The Labute approximate surface area is 124 Å². The molecule has 1 saturated heterocycles. The highest BCUT2D eigenvalue weighted by Gasteiger charge is 2.23. The van der Waals surface area contributed by atoms with Crippen molar-refractivity contribution < 1.29 is 9.50 Å². The van der Waals surface area contributed by atoms with Crippen molar-refractivity contribution in [2.24, 2.45) is 5.73 Å². The molecule has 0 aliphatic carbocycles. The molecule has 1 fully saturated rings. The minimum Gasteiger partial charge on any atom is -0.396 e. The van der Waals surface area contributed by atoms with E-state index in [4.69, 9.17) is 23.1 Å². The van der Waals surface area contributed by atoms with E-state index >= 15 is 0 Å². The molecule has 1 aliphatic heterocycles. The zero-order chi connectivity index (χ0) is 14.5. The average molecular weight is 296 g/mol. The Morgan fingerprint density at radius 3 is 2.95 bits per heavy atom. The summed E-state index contributed by atoms with van der Waals surface area (Å²) in [6.07, 6.45) is 4.17. The Balaban J connectivity index is 2.18. The van der Waals surface area contributed by atoms with Crippen molar-refractivity contribution in [2.75, 3.05) is 13.2 Å². The second kappa shape index (κ2) is 7.11. The van der Waals surface area contributed by atoms with Crippen LogP contribution in [0.15, 0.2) is 18.2 Å². The summed E-state index contributed by atoms with van der Waals surface area (Å²) in [6.45, 7) is 1.79. The molecule has 3 nitrogen and oxygen atoms in total. The Bertz CT molecular complexity index is 479. The molecule has 1 aromatic rings. The third-order valence-corrected chi connectivity index (χ3v) is 4.14. The zero-order valence-corrected chi connectivity index (χ0v) is 12.3. The number of rotatable bonds is 5. The van der Waals surface area contributed by atoms with Crippen LogP contribution in [0.2, 0.25) is 0 Å². The smallest absolute Gasteiger partial charge is 0.123 e. The molecule has 3 N–H and O–H groups in total. The predicted octanol–water partition coefficient (Wildman–Crippen LogP) is 2.20. The largest absolute Gasteiger partial charge is 0.396 e. The first-order chi connectivity index (χ1) is 9.61. The molecule has 0 radical (unpaired) electrons. The van der Waals surface area contributed by atoms with Crippen molar-refractivity contribution in [3.05, 3.63) is 35.1 Å². The lowest BCUT2D eigenvalue weighted by Crippen LogP contribution is -2.39. The number of nitrogens with zero attached hydrogens (tertiary/aromatic N) is 1. The van der Waals surface area contributed by atoms with E-state index in [1.165, 1.54) is 18.6 Å². The lowest BCUT2D eigenvalue weighted by Gasteiger charge is -2.36. The molecule has 0 bridgehead atoms. The molecular weight excluding hydrogens is 275 g/mol. The first-order valence-electron chi connectivity index (χ1n) is 7.05. The molecular formula is C15H21FN2OS. The van der Waals surface area contributed by atoms with Crippen LogP contribution in [0.4, 0.5) is 4.39 Å². The standard InChI is InChI=1S/C15H21FN2OS/c16-12-4-5-14(15(17)20)11(9-12)10-18-7-2-1-3-13(18)6-8-19/h4-5,9,13,19H,1-3,6-8,10H2,(H2,17,20). The summed E-state index contributed by atoms with van der Waals surface area (Å²) >= 11 is 5.04. The van der Waals surface area contributed by atoms with Crippen LogP contribution in [0.3, 0.4) is 0 Å². The fraction of sp³-hybridized carbons (Fsp3) is 0.533. The molecule has 110 valence electrons. The maximum Gasteiger partial charge on any atom is 0.123 e. The van der Waals surface area contributed by atoms with E-state index in [-0.39, 0.29) is 12.4 Å². The van der Waals surface area contributed by atoms with Crippen LogP contribution in [0, 0.1) is 5.82 Å². The maximum atomic E-state index is 13.5. The Morgan fingerprint density at radius 2 is 2.25 bits per heavy atom. The van der Waals surface area contributed by atoms with Gasteiger partial charge in [-0.15, -0.1) is 0 Å². The highest BCUT2D eigenvalue weighted by Crippen LogP contribution is 2.23. The molecule has 0 saturated carbocycles. The van der Waals surface area contributed by atoms with Gasteiger partial charge in [0.2, 0.25) is 0 Å². The van der Waals surface area contributed by atoms with E-state index in [0.29, 0.717) is 17.6 Å². The second-order valence-electron chi connectivity index (χ2n) is 5.30. The van der Waals surface area contributed by atoms with E-state index in [2.05, 4.69) is 4.90 Å². The maximum absolute atomic E-state index is 13.5. The lowest BCUT2D eigenvalue weighted by atomic mass is 9.97. The van der Waals surface area contributed by atoms with Gasteiger partial charge >= 0.3 is 0 Å². The number of hydrogen-bond acceptors (Lipinski definition) is 3. The monoisotopic (exact) mass is 296 g/mol. The normalized spacial score (nSPS) is 20.0. The van der Waals surface area contributed by atoms with E-state index in [9.17, 15) is 4.39 Å². The Morgan fingerprint density at radius 1 is 1.45 bits per heavy atom. The fourth-order valence-electron chi connectivity index (χ4n) is 2.90. The first-order valence-corrected chi connectivity index (χ1v) is 7.45. The Kier molecular flexibility index (Phi) is 5.46. The molecule has 20 heavy (non-hydrogen) atoms. The predicted molar refractivity (Wildman–Crippen MR) is 82.0 cm³/mol. The number of benzene rings is 1. The number of thiocarbonyl (C=S) groups is 1. The molecule has 2 rings (SSSR count). The van der Waals surface area contributed by atoms with E-state index in [1.54, 1.807) is 6.07 Å². The van der Waals surface area contributed by atoms with Gasteiger partial charge in [0.25, 0.3) is 0 Å². The van der Waals surface area contributed by atoms with Gasteiger partial charge in [-0.1, -0.05) is 18.6 Å². The molecule has 1 atom stereocenters. The van der Waals surface area contributed by atoms with Gasteiger partial charge in [0.1, 0.15) is 10.8 Å². The van der Waals surface area contributed by atoms with Crippen molar-refractivity contribution in [3.8, 4) is 0 Å². The van der Waals surface area contributed by atoms with Crippen LogP contribution in [-0.4, -0.2) is 34.2 Å². The molecule has 1 heterocycles. The van der Waals surface area contributed by atoms with Crippen LogP contribution in [0.25, 0.3) is 0 Å². The number of aliphatic hydroxyl groups excluding tert-OH is 1. The second-order valence-corrected chi connectivity index (χ2v) is 5.74. The summed E-state index contributed by atoms with van der Waals surface area (Å²) in [5.74, 6) is -0.268. The SMILES string of the molecule is NC(=S)c1ccc(F)cc1CN1CCCCC1CCO. The van der Waals surface area contributed by atoms with Crippen molar-refractivity contribution >= 4 is 17.2 Å². The van der Waals surface area contributed by atoms with Crippen LogP contribution in [0.5, 0.6) is 0 Å². The summed E-state index contributed by atoms with van der Waals surface area (Å²) in [6, 6.07) is 4.91. The topological polar surface area (TPSA) is 49.5 Å². The fourth-order valence-corrected chi connectivity index (χ4v) is 3.10. The van der Waals surface area contributed by atoms with E-state index in [1.807, 2.05) is 0 Å². The molecule has 5 heteroatoms. The van der Waals surface area contributed by atoms with Gasteiger partial charge in [-0.2, -0.15) is 0 Å². The van der Waals surface area contributed by atoms with Gasteiger partial charge in [-0.05, 0) is 49.6 Å². The number of hydrogen-bond donors (Lipinski definition) is 2. The summed E-state index contributed by atoms with van der Waals surface area (Å²) in [7, 11) is 0. The minimum atomic E-state index is -0.268. The van der Waals surface area contributed by atoms with E-state index in [0.717, 1.165) is 36.9 Å². The number of halogens is 1. The van der Waals surface area contributed by atoms with Crippen LogP contribution in [-0.2, 0) is 6.54 Å². The summed E-state index contributed by atoms with van der Waals surface area (Å²) < 4.78 is 13.5. The summed E-state index contributed by atoms with van der Waals surface area (Å²) in [4.78, 5) is 2.60. The molecule has 0 aromatic heterocycles. The Hall–Kier alpha value is -1.04. The third-order valence-electron chi connectivity index (χ3n) is 3.92. The molecule has 0 spiro atoms. The van der Waals surface area contributed by atoms with Crippen molar-refractivity contribution in [3.63, 3.8) is 0 Å². The highest BCUT2D eigenvalue weighted by molar-refractivity contribution is 7.80. The van der Waals surface area contributed by atoms with Gasteiger partial charge in [0.15, 0.2) is 0 Å². The van der Waals surface area contributed by atoms with Crippen molar-refractivity contribution in [1.29, 1.82) is 0 Å². The number of nitrogens with two attached hydrogens (primary N) is 1. The van der Waals surface area contributed by atoms with Crippen molar-refractivity contribution in [2.45, 2.75) is 38.3 Å². The van der Waals surface area contributed by atoms with Gasteiger partial charge in [-0.25, -0.2) is 4.39 Å². The molecule has 0 amide bonds. The van der Waals surface area contributed by atoms with Crippen LogP contribution in [0.1, 0.15) is 36.8 Å². The number of piperidine rings is 1. The molecule has 1 unspecified atom stereocenters. The van der Waals surface area contributed by atoms with Crippen LogP contribution < -0.4 is 5.73 Å². The van der Waals surface area contributed by atoms with Gasteiger partial charge in [0, 0.05) is 24.8 Å². The van der Waals surface area contributed by atoms with Gasteiger partial charge in [-0.3, -0.25) is 4.90 Å². The number of likely N-dealkylation sites (tertiary alicyclic amines) is 1. The summed E-state index contributed by atoms with van der Waals surface area (Å²) in [5, 5.41) is 9.16. The quantitative estimate of drug-likeness (QED) is 0.818. The highest BCUT2D eigenvalue weighted by atomic mass is 32.1. The summed E-state index contributed by atoms with van der Waals surface area (Å²) in [5.41, 5.74) is 7.29. The third kappa shape index (κ3) is 3.75. The first kappa shape index (κ1) is 15.4. The van der Waals surface area contributed by atoms with Gasteiger partial charge < -0.3 is 10.8 Å². The van der Waals surface area contributed by atoms with Crippen molar-refractivity contribution in [1.82, 2.24) is 4.90 Å². The van der Waals surface area contributed by atoms with E-state index < -0.39 is 0 Å². The van der Waals surface area contributed by atoms with Crippen LogP contribution >= 0.6 is 12.2 Å².